The van der Waals surface area contributed by atoms with Crippen LogP contribution in [0.5, 0.6) is 5.75 Å². The molecule has 0 saturated heterocycles. The first-order valence-corrected chi connectivity index (χ1v) is 7.63. The summed E-state index contributed by atoms with van der Waals surface area (Å²) in [5.41, 5.74) is 1.99. The zero-order valence-corrected chi connectivity index (χ0v) is 14.1. The summed E-state index contributed by atoms with van der Waals surface area (Å²) < 4.78 is 7.18. The van der Waals surface area contributed by atoms with E-state index in [9.17, 15) is 4.79 Å². The number of carbonyl (C=O) groups is 1. The Morgan fingerprint density at radius 2 is 2.17 bits per heavy atom. The maximum Gasteiger partial charge on any atom is 0.221 e. The second-order valence-corrected chi connectivity index (χ2v) is 5.61. The summed E-state index contributed by atoms with van der Waals surface area (Å²) in [7, 11) is 5.32. The van der Waals surface area contributed by atoms with Crippen LogP contribution in [0.25, 0.3) is 5.69 Å². The maximum atomic E-state index is 11.5. The second-order valence-electron chi connectivity index (χ2n) is 5.61. The van der Waals surface area contributed by atoms with Gasteiger partial charge >= 0.3 is 0 Å². The van der Waals surface area contributed by atoms with Crippen molar-refractivity contribution in [2.75, 3.05) is 21.2 Å². The lowest BCUT2D eigenvalue weighted by Crippen LogP contribution is -2.33. The van der Waals surface area contributed by atoms with E-state index in [1.54, 1.807) is 14.2 Å². The van der Waals surface area contributed by atoms with Crippen molar-refractivity contribution in [1.82, 2.24) is 20.0 Å². The number of benzene rings is 1. The summed E-state index contributed by atoms with van der Waals surface area (Å²) in [5.74, 6) is 0.831. The summed E-state index contributed by atoms with van der Waals surface area (Å²) in [6.45, 7) is 2.77. The van der Waals surface area contributed by atoms with Gasteiger partial charge in [-0.1, -0.05) is 12.1 Å². The molecular weight excluding hydrogens is 292 g/mol. The van der Waals surface area contributed by atoms with E-state index in [0.717, 1.165) is 23.5 Å². The van der Waals surface area contributed by atoms with Crippen LogP contribution in [-0.4, -0.2) is 47.8 Å². The minimum Gasteiger partial charge on any atom is -0.494 e. The third-order valence-corrected chi connectivity index (χ3v) is 3.91. The summed E-state index contributed by atoms with van der Waals surface area (Å²) >= 11 is 0. The van der Waals surface area contributed by atoms with Crippen LogP contribution in [0.2, 0.25) is 0 Å². The van der Waals surface area contributed by atoms with E-state index in [4.69, 9.17) is 4.74 Å². The highest BCUT2D eigenvalue weighted by Crippen LogP contribution is 2.21. The van der Waals surface area contributed by atoms with E-state index < -0.39 is 0 Å². The smallest absolute Gasteiger partial charge is 0.221 e. The number of amides is 1. The van der Waals surface area contributed by atoms with E-state index in [2.05, 4.69) is 15.3 Å². The van der Waals surface area contributed by atoms with E-state index in [0.29, 0.717) is 6.42 Å². The zero-order chi connectivity index (χ0) is 16.8. The predicted molar refractivity (Wildman–Crippen MR) is 89.7 cm³/mol. The number of rotatable bonds is 7. The van der Waals surface area contributed by atoms with Crippen LogP contribution < -0.4 is 10.1 Å². The standard InChI is InChI=1S/C17H24N4O2/c1-13(9-17(22)18-2)20(3)11-14-10-19-21(12-14)15-7-5-6-8-16(15)23-4/h5-8,10,12-13H,9,11H2,1-4H3,(H,18,22). The summed E-state index contributed by atoms with van der Waals surface area (Å²) in [5, 5.41) is 7.07. The quantitative estimate of drug-likeness (QED) is 0.847. The van der Waals surface area contributed by atoms with Crippen LogP contribution in [0.1, 0.15) is 18.9 Å². The maximum absolute atomic E-state index is 11.5. The predicted octanol–water partition coefficient (Wildman–Crippen LogP) is 1.84. The number of hydrogen-bond acceptors (Lipinski definition) is 4. The average Bonchev–Trinajstić information content (AvgIpc) is 3.02. The average molecular weight is 316 g/mol. The molecule has 1 aromatic heterocycles. The largest absolute Gasteiger partial charge is 0.494 e. The molecule has 0 aliphatic carbocycles. The van der Waals surface area contributed by atoms with Gasteiger partial charge in [0.15, 0.2) is 0 Å². The monoisotopic (exact) mass is 316 g/mol. The van der Waals surface area contributed by atoms with Crippen LogP contribution in [0.4, 0.5) is 0 Å². The normalized spacial score (nSPS) is 12.2. The number of nitrogens with one attached hydrogen (secondary N) is 1. The fourth-order valence-electron chi connectivity index (χ4n) is 2.36. The molecule has 0 saturated carbocycles. The van der Waals surface area contributed by atoms with Crippen LogP contribution in [-0.2, 0) is 11.3 Å². The number of nitrogens with zero attached hydrogens (tertiary/aromatic N) is 3. The number of ether oxygens (including phenoxy) is 1. The van der Waals surface area contributed by atoms with Gasteiger partial charge in [-0.2, -0.15) is 5.10 Å². The van der Waals surface area contributed by atoms with E-state index in [-0.39, 0.29) is 11.9 Å². The Hall–Kier alpha value is -2.34. The third-order valence-electron chi connectivity index (χ3n) is 3.91. The Kier molecular flexibility index (Phi) is 5.76. The molecule has 6 heteroatoms. The van der Waals surface area contributed by atoms with Crippen LogP contribution >= 0.6 is 0 Å². The van der Waals surface area contributed by atoms with Crippen LogP contribution in [0.15, 0.2) is 36.7 Å². The topological polar surface area (TPSA) is 59.4 Å². The van der Waals surface area contributed by atoms with Crippen molar-refractivity contribution in [1.29, 1.82) is 0 Å². The van der Waals surface area contributed by atoms with E-state index >= 15 is 0 Å². The molecule has 0 radical (unpaired) electrons. The Labute approximate surface area is 137 Å². The molecule has 1 atom stereocenters. The molecule has 1 aromatic carbocycles. The van der Waals surface area contributed by atoms with Gasteiger partial charge in [-0.05, 0) is 26.1 Å². The molecule has 2 rings (SSSR count). The van der Waals surface area contributed by atoms with E-state index in [1.807, 2.05) is 55.3 Å². The molecule has 1 amide bonds. The Balaban J connectivity index is 2.06. The molecule has 0 spiro atoms. The van der Waals surface area contributed by atoms with Gasteiger partial charge in [0.2, 0.25) is 5.91 Å². The van der Waals surface area contributed by atoms with Crippen LogP contribution in [0, 0.1) is 0 Å². The molecule has 6 nitrogen and oxygen atoms in total. The first-order valence-electron chi connectivity index (χ1n) is 7.63. The summed E-state index contributed by atoms with van der Waals surface area (Å²) in [6, 6.07) is 7.92. The van der Waals surface area contributed by atoms with Gasteiger partial charge in [-0.15, -0.1) is 0 Å². The van der Waals surface area contributed by atoms with Crippen molar-refractivity contribution in [2.24, 2.45) is 0 Å². The van der Waals surface area contributed by atoms with Gasteiger partial charge in [-0.25, -0.2) is 4.68 Å². The Bertz CT molecular complexity index is 654. The molecule has 1 unspecified atom stereocenters. The third kappa shape index (κ3) is 4.32. The van der Waals surface area contributed by atoms with Crippen molar-refractivity contribution in [2.45, 2.75) is 25.9 Å². The lowest BCUT2D eigenvalue weighted by molar-refractivity contribution is -0.121. The number of carbonyl (C=O) groups excluding carboxylic acids is 1. The fraction of sp³-hybridized carbons (Fsp3) is 0.412. The molecular formula is C17H24N4O2. The molecule has 1 heterocycles. The Morgan fingerprint density at radius 1 is 1.43 bits per heavy atom. The van der Waals surface area contributed by atoms with Crippen molar-refractivity contribution < 1.29 is 9.53 Å². The van der Waals surface area contributed by atoms with Crippen molar-refractivity contribution >= 4 is 5.91 Å². The molecule has 0 fully saturated rings. The molecule has 0 aliphatic rings. The highest BCUT2D eigenvalue weighted by Gasteiger charge is 2.14. The number of para-hydroxylation sites is 2. The number of hydrogen-bond donors (Lipinski definition) is 1. The Morgan fingerprint density at radius 3 is 2.87 bits per heavy atom. The lowest BCUT2D eigenvalue weighted by atomic mass is 10.2. The summed E-state index contributed by atoms with van der Waals surface area (Å²) in [6.07, 6.45) is 4.31. The highest BCUT2D eigenvalue weighted by atomic mass is 16.5. The SMILES string of the molecule is CNC(=O)CC(C)N(C)Cc1cnn(-c2ccccc2OC)c1. The van der Waals surface area contributed by atoms with Crippen molar-refractivity contribution in [3.63, 3.8) is 0 Å². The minimum absolute atomic E-state index is 0.0501. The van der Waals surface area contributed by atoms with Crippen LogP contribution in [0.3, 0.4) is 0 Å². The molecule has 0 bridgehead atoms. The van der Waals surface area contributed by atoms with Gasteiger partial charge < -0.3 is 10.1 Å². The first-order chi connectivity index (χ1) is 11.0. The molecule has 1 N–H and O–H groups in total. The highest BCUT2D eigenvalue weighted by molar-refractivity contribution is 5.76. The van der Waals surface area contributed by atoms with Crippen molar-refractivity contribution in [3.8, 4) is 11.4 Å². The summed E-state index contributed by atoms with van der Waals surface area (Å²) in [4.78, 5) is 13.6. The molecule has 0 aliphatic heterocycles. The van der Waals surface area contributed by atoms with Gasteiger partial charge in [0.1, 0.15) is 11.4 Å². The van der Waals surface area contributed by atoms with E-state index in [1.165, 1.54) is 0 Å². The van der Waals surface area contributed by atoms with Gasteiger partial charge in [-0.3, -0.25) is 9.69 Å². The lowest BCUT2D eigenvalue weighted by Gasteiger charge is -2.23. The first kappa shape index (κ1) is 17.0. The molecule has 2 aromatic rings. The molecule has 23 heavy (non-hydrogen) atoms. The fourth-order valence-corrected chi connectivity index (χ4v) is 2.36. The van der Waals surface area contributed by atoms with Gasteiger partial charge in [0.05, 0.1) is 13.3 Å². The van der Waals surface area contributed by atoms with Gasteiger partial charge in [0.25, 0.3) is 0 Å². The number of aromatic nitrogens is 2. The minimum atomic E-state index is 0.0501. The van der Waals surface area contributed by atoms with Gasteiger partial charge in [0, 0.05) is 37.8 Å². The number of methoxy groups -OCH3 is 1. The second kappa shape index (κ2) is 7.78. The zero-order valence-electron chi connectivity index (χ0n) is 14.1. The molecule has 124 valence electrons. The van der Waals surface area contributed by atoms with Crippen molar-refractivity contribution in [3.05, 3.63) is 42.2 Å².